The molecule has 5 rings (SSSR count). The fourth-order valence-corrected chi connectivity index (χ4v) is 3.80. The van der Waals surface area contributed by atoms with Crippen LogP contribution in [0.1, 0.15) is 48.3 Å². The van der Waals surface area contributed by atoms with Gasteiger partial charge in [0.05, 0.1) is 12.2 Å². The van der Waals surface area contributed by atoms with Crippen LogP contribution >= 0.6 is 0 Å². The van der Waals surface area contributed by atoms with Gasteiger partial charge in [0.1, 0.15) is 0 Å². The molecule has 27 heavy (non-hydrogen) atoms. The van der Waals surface area contributed by atoms with Crippen LogP contribution in [0.3, 0.4) is 0 Å². The van der Waals surface area contributed by atoms with Crippen molar-refractivity contribution in [2.24, 2.45) is 0 Å². The number of aromatic nitrogens is 3. The summed E-state index contributed by atoms with van der Waals surface area (Å²) in [5, 5.41) is 4.75. The van der Waals surface area contributed by atoms with Gasteiger partial charge in [0.2, 0.25) is 5.91 Å². The van der Waals surface area contributed by atoms with E-state index in [0.29, 0.717) is 18.9 Å². The van der Waals surface area contributed by atoms with Gasteiger partial charge in [0, 0.05) is 24.8 Å². The van der Waals surface area contributed by atoms with E-state index in [1.165, 1.54) is 5.56 Å². The van der Waals surface area contributed by atoms with Crippen molar-refractivity contribution in [3.8, 4) is 5.69 Å². The number of amides is 1. The highest BCUT2D eigenvalue weighted by molar-refractivity contribution is 5.79. The van der Waals surface area contributed by atoms with Gasteiger partial charge in [-0.25, -0.2) is 9.67 Å². The number of nitrogens with zero attached hydrogens (tertiary/aromatic N) is 4. The first kappa shape index (κ1) is 16.2. The van der Waals surface area contributed by atoms with Crippen molar-refractivity contribution >= 4 is 5.91 Å². The fourth-order valence-electron chi connectivity index (χ4n) is 3.80. The number of carbonyl (C=O) groups excluding carboxylic acids is 1. The average molecular weight is 358 g/mol. The maximum Gasteiger partial charge on any atom is 0.223 e. The zero-order chi connectivity index (χ0) is 18.2. The van der Waals surface area contributed by atoms with Crippen LogP contribution in [0.4, 0.5) is 0 Å². The van der Waals surface area contributed by atoms with E-state index < -0.39 is 0 Å². The molecular weight excluding hydrogens is 336 g/mol. The van der Waals surface area contributed by atoms with E-state index in [-0.39, 0.29) is 11.8 Å². The normalized spacial score (nSPS) is 19.6. The van der Waals surface area contributed by atoms with E-state index in [1.807, 2.05) is 58.1 Å². The van der Waals surface area contributed by atoms with Crippen LogP contribution in [0.15, 0.2) is 60.7 Å². The van der Waals surface area contributed by atoms with Gasteiger partial charge in [-0.3, -0.25) is 4.79 Å². The molecule has 2 aromatic carbocycles. The number of hydrogen-bond donors (Lipinski definition) is 0. The molecule has 2 heterocycles. The molecule has 2 aliphatic rings. The highest BCUT2D eigenvalue weighted by Crippen LogP contribution is 2.38. The molecule has 0 unspecified atom stereocenters. The van der Waals surface area contributed by atoms with E-state index in [2.05, 4.69) is 12.1 Å². The van der Waals surface area contributed by atoms with Gasteiger partial charge in [-0.2, -0.15) is 5.10 Å². The van der Waals surface area contributed by atoms with Gasteiger partial charge >= 0.3 is 0 Å². The zero-order valence-corrected chi connectivity index (χ0v) is 15.2. The van der Waals surface area contributed by atoms with Crippen LogP contribution < -0.4 is 0 Å². The molecular formula is C22H22N4O. The standard InChI is InChI=1S/C22H22N4O/c27-21-13-18(16-7-3-1-4-8-16)14-25(21)15-20-23-22(17-11-12-17)24-26(20)19-9-5-2-6-10-19/h1-10,17-18H,11-15H2/t18-/m1/s1. The first-order valence-electron chi connectivity index (χ1n) is 9.62. The molecule has 1 aliphatic carbocycles. The topological polar surface area (TPSA) is 51.0 Å². The fraction of sp³-hybridized carbons (Fsp3) is 0.318. The van der Waals surface area contributed by atoms with Crippen LogP contribution in [0.2, 0.25) is 0 Å². The molecule has 3 aromatic rings. The van der Waals surface area contributed by atoms with Crippen LogP contribution in [0.5, 0.6) is 0 Å². The third kappa shape index (κ3) is 3.25. The quantitative estimate of drug-likeness (QED) is 0.699. The predicted octanol–water partition coefficient (Wildman–Crippen LogP) is 3.66. The minimum absolute atomic E-state index is 0.194. The minimum atomic E-state index is 0.194. The van der Waals surface area contributed by atoms with Gasteiger partial charge < -0.3 is 4.90 Å². The van der Waals surface area contributed by atoms with Crippen molar-refractivity contribution in [2.75, 3.05) is 6.54 Å². The number of rotatable bonds is 5. The summed E-state index contributed by atoms with van der Waals surface area (Å²) in [5.41, 5.74) is 2.23. The molecule has 1 amide bonds. The van der Waals surface area contributed by atoms with E-state index in [9.17, 15) is 4.79 Å². The number of likely N-dealkylation sites (tertiary alicyclic amines) is 1. The molecule has 0 spiro atoms. The summed E-state index contributed by atoms with van der Waals surface area (Å²) >= 11 is 0. The van der Waals surface area contributed by atoms with Gasteiger partial charge in [0.15, 0.2) is 11.6 Å². The zero-order valence-electron chi connectivity index (χ0n) is 15.2. The second kappa shape index (κ2) is 6.65. The molecule has 136 valence electrons. The van der Waals surface area contributed by atoms with Crippen LogP contribution in [-0.2, 0) is 11.3 Å². The van der Waals surface area contributed by atoms with Gasteiger partial charge in [0.25, 0.3) is 0 Å². The lowest BCUT2D eigenvalue weighted by Crippen LogP contribution is -2.26. The Bertz CT molecular complexity index is 947. The molecule has 5 heteroatoms. The summed E-state index contributed by atoms with van der Waals surface area (Å²) in [6.45, 7) is 1.25. The number of benzene rings is 2. The number of hydrogen-bond acceptors (Lipinski definition) is 3. The van der Waals surface area contributed by atoms with E-state index in [4.69, 9.17) is 10.1 Å². The molecule has 1 saturated carbocycles. The van der Waals surface area contributed by atoms with E-state index >= 15 is 0 Å². The number of para-hydroxylation sites is 1. The average Bonchev–Trinajstić information content (AvgIpc) is 3.38. The Morgan fingerprint density at radius 1 is 0.926 bits per heavy atom. The summed E-state index contributed by atoms with van der Waals surface area (Å²) in [6.07, 6.45) is 2.90. The van der Waals surface area contributed by atoms with Gasteiger partial charge in [-0.15, -0.1) is 0 Å². The summed E-state index contributed by atoms with van der Waals surface area (Å²) < 4.78 is 1.91. The largest absolute Gasteiger partial charge is 0.335 e. The van der Waals surface area contributed by atoms with Gasteiger partial charge in [-0.05, 0) is 30.5 Å². The molecule has 1 atom stereocenters. The third-order valence-corrected chi connectivity index (χ3v) is 5.45. The summed E-state index contributed by atoms with van der Waals surface area (Å²) in [4.78, 5) is 19.4. The smallest absolute Gasteiger partial charge is 0.223 e. The van der Waals surface area contributed by atoms with Crippen LogP contribution in [0.25, 0.3) is 5.69 Å². The first-order chi connectivity index (χ1) is 13.3. The Labute approximate surface area is 158 Å². The SMILES string of the molecule is O=C1C[C@@H](c2ccccc2)CN1Cc1nc(C2CC2)nn1-c1ccccc1. The van der Waals surface area contributed by atoms with Crippen molar-refractivity contribution in [3.63, 3.8) is 0 Å². The van der Waals surface area contributed by atoms with Crippen molar-refractivity contribution in [1.29, 1.82) is 0 Å². The monoisotopic (exact) mass is 358 g/mol. The second-order valence-electron chi connectivity index (χ2n) is 7.49. The lowest BCUT2D eigenvalue weighted by Gasteiger charge is -2.17. The highest BCUT2D eigenvalue weighted by atomic mass is 16.2. The minimum Gasteiger partial charge on any atom is -0.335 e. The van der Waals surface area contributed by atoms with Crippen molar-refractivity contribution in [3.05, 3.63) is 77.9 Å². The van der Waals surface area contributed by atoms with Crippen LogP contribution in [0, 0.1) is 0 Å². The molecule has 2 fully saturated rings. The summed E-state index contributed by atoms with van der Waals surface area (Å²) in [7, 11) is 0. The third-order valence-electron chi connectivity index (χ3n) is 5.45. The van der Waals surface area contributed by atoms with Crippen molar-refractivity contribution in [2.45, 2.75) is 37.6 Å². The molecule has 1 aromatic heterocycles. The Kier molecular flexibility index (Phi) is 4.00. The first-order valence-corrected chi connectivity index (χ1v) is 9.62. The highest BCUT2D eigenvalue weighted by Gasteiger charge is 2.33. The second-order valence-corrected chi connectivity index (χ2v) is 7.49. The maximum absolute atomic E-state index is 12.6. The molecule has 5 nitrogen and oxygen atoms in total. The Balaban J connectivity index is 1.41. The van der Waals surface area contributed by atoms with Crippen molar-refractivity contribution < 1.29 is 4.79 Å². The predicted molar refractivity (Wildman–Crippen MR) is 103 cm³/mol. The van der Waals surface area contributed by atoms with E-state index in [1.54, 1.807) is 0 Å². The lowest BCUT2D eigenvalue weighted by molar-refractivity contribution is -0.128. The molecule has 0 radical (unpaired) electrons. The van der Waals surface area contributed by atoms with Crippen molar-refractivity contribution in [1.82, 2.24) is 19.7 Å². The maximum atomic E-state index is 12.6. The molecule has 0 bridgehead atoms. The van der Waals surface area contributed by atoms with Gasteiger partial charge in [-0.1, -0.05) is 48.5 Å². The Morgan fingerprint density at radius 3 is 2.33 bits per heavy atom. The van der Waals surface area contributed by atoms with E-state index in [0.717, 1.165) is 36.7 Å². The molecule has 0 N–H and O–H groups in total. The Hall–Kier alpha value is -2.95. The molecule has 1 saturated heterocycles. The lowest BCUT2D eigenvalue weighted by atomic mass is 9.99. The van der Waals surface area contributed by atoms with Crippen LogP contribution in [-0.4, -0.2) is 32.1 Å². The Morgan fingerprint density at radius 2 is 1.63 bits per heavy atom. The summed E-state index contributed by atoms with van der Waals surface area (Å²) in [5.74, 6) is 2.71. The summed E-state index contributed by atoms with van der Waals surface area (Å²) in [6, 6.07) is 20.4. The number of carbonyl (C=O) groups is 1. The molecule has 1 aliphatic heterocycles.